The number of hydrogen-bond donors (Lipinski definition) is 1. The van der Waals surface area contributed by atoms with Crippen LogP contribution in [0.25, 0.3) is 0 Å². The van der Waals surface area contributed by atoms with Crippen LogP contribution in [0.4, 0.5) is 0 Å². The molecule has 1 aliphatic rings. The van der Waals surface area contributed by atoms with Crippen molar-refractivity contribution in [1.29, 1.82) is 0 Å². The Morgan fingerprint density at radius 3 is 2.79 bits per heavy atom. The maximum atomic E-state index is 11.1. The summed E-state index contributed by atoms with van der Waals surface area (Å²) in [6.07, 6.45) is 1.60. The average molecular weight is 189 g/mol. The van der Waals surface area contributed by atoms with E-state index in [4.69, 9.17) is 0 Å². The Kier molecular flexibility index (Phi) is 2.28. The van der Waals surface area contributed by atoms with Crippen LogP contribution in [0.3, 0.4) is 0 Å². The monoisotopic (exact) mass is 189 g/mol. The topological polar surface area (TPSA) is 29.1 Å². The second-order valence-electron chi connectivity index (χ2n) is 4.02. The first-order valence-electron chi connectivity index (χ1n) is 5.03. The molecule has 1 saturated heterocycles. The van der Waals surface area contributed by atoms with Gasteiger partial charge in [0.05, 0.1) is 6.04 Å². The molecule has 2 nitrogen and oxygen atoms in total. The molecule has 2 heteroatoms. The lowest BCUT2D eigenvalue weighted by atomic mass is 9.98. The number of carbonyl (C=O) groups is 1. The first-order valence-corrected chi connectivity index (χ1v) is 5.03. The fourth-order valence-electron chi connectivity index (χ4n) is 1.98. The molecule has 1 N–H and O–H groups in total. The van der Waals surface area contributed by atoms with Gasteiger partial charge in [0, 0.05) is 6.42 Å². The zero-order valence-corrected chi connectivity index (χ0v) is 8.63. The van der Waals surface area contributed by atoms with Crippen LogP contribution >= 0.6 is 0 Å². The summed E-state index contributed by atoms with van der Waals surface area (Å²) in [6, 6.07) is 6.64. The molecular weight excluding hydrogens is 174 g/mol. The molecule has 1 atom stereocenters. The van der Waals surface area contributed by atoms with Gasteiger partial charge in [-0.05, 0) is 31.4 Å². The number of rotatable bonds is 1. The van der Waals surface area contributed by atoms with E-state index in [1.165, 1.54) is 16.7 Å². The predicted octanol–water partition coefficient (Wildman–Crippen LogP) is 2.25. The van der Waals surface area contributed by atoms with Gasteiger partial charge in [0.2, 0.25) is 5.91 Å². The molecule has 0 spiro atoms. The molecule has 0 aliphatic carbocycles. The summed E-state index contributed by atoms with van der Waals surface area (Å²) in [4.78, 5) is 11.1. The molecule has 14 heavy (non-hydrogen) atoms. The molecule has 0 radical (unpaired) electrons. The van der Waals surface area contributed by atoms with Crippen molar-refractivity contribution in [3.8, 4) is 0 Å². The zero-order chi connectivity index (χ0) is 10.1. The van der Waals surface area contributed by atoms with Gasteiger partial charge in [-0.1, -0.05) is 23.8 Å². The second kappa shape index (κ2) is 3.45. The summed E-state index contributed by atoms with van der Waals surface area (Å²) in [5.74, 6) is 0.177. The summed E-state index contributed by atoms with van der Waals surface area (Å²) < 4.78 is 0. The first kappa shape index (κ1) is 9.25. The highest BCUT2D eigenvalue weighted by molar-refractivity contribution is 5.78. The van der Waals surface area contributed by atoms with Crippen molar-refractivity contribution in [1.82, 2.24) is 5.32 Å². The minimum Gasteiger partial charge on any atom is -0.349 e. The Hall–Kier alpha value is -1.31. The Balaban J connectivity index is 2.31. The summed E-state index contributed by atoms with van der Waals surface area (Å²) in [7, 11) is 0. The third-order valence-electron chi connectivity index (χ3n) is 2.81. The summed E-state index contributed by atoms with van der Waals surface area (Å²) in [5, 5.41) is 3.00. The number of amides is 1. The molecule has 0 aromatic heterocycles. The molecule has 74 valence electrons. The molecule has 1 fully saturated rings. The van der Waals surface area contributed by atoms with Gasteiger partial charge >= 0.3 is 0 Å². The minimum absolute atomic E-state index is 0.177. The third-order valence-corrected chi connectivity index (χ3v) is 2.81. The van der Waals surface area contributed by atoms with Crippen LogP contribution in [0, 0.1) is 13.8 Å². The van der Waals surface area contributed by atoms with Crippen molar-refractivity contribution in [2.75, 3.05) is 0 Å². The van der Waals surface area contributed by atoms with E-state index in [2.05, 4.69) is 37.4 Å². The highest BCUT2D eigenvalue weighted by Gasteiger charge is 2.23. The maximum absolute atomic E-state index is 11.1. The quantitative estimate of drug-likeness (QED) is 0.721. The third kappa shape index (κ3) is 1.65. The molecule has 1 aromatic rings. The van der Waals surface area contributed by atoms with E-state index in [0.717, 1.165) is 6.42 Å². The molecular formula is C12H15NO. The van der Waals surface area contributed by atoms with Crippen LogP contribution in [0.1, 0.15) is 35.6 Å². The van der Waals surface area contributed by atoms with Crippen molar-refractivity contribution in [3.05, 3.63) is 34.9 Å². The number of nitrogens with one attached hydrogen (secondary N) is 1. The second-order valence-corrected chi connectivity index (χ2v) is 4.02. The number of benzene rings is 1. The van der Waals surface area contributed by atoms with E-state index in [0.29, 0.717) is 6.42 Å². The Labute approximate surface area is 84.3 Å². The van der Waals surface area contributed by atoms with Crippen LogP contribution in [0.15, 0.2) is 18.2 Å². The van der Waals surface area contributed by atoms with E-state index in [1.54, 1.807) is 0 Å². The molecule has 1 aliphatic heterocycles. The fourth-order valence-corrected chi connectivity index (χ4v) is 1.98. The van der Waals surface area contributed by atoms with Gasteiger partial charge in [0.1, 0.15) is 0 Å². The van der Waals surface area contributed by atoms with E-state index in [1.807, 2.05) is 0 Å². The molecule has 0 unspecified atom stereocenters. The number of aryl methyl sites for hydroxylation is 2. The van der Waals surface area contributed by atoms with Crippen LogP contribution in [-0.2, 0) is 4.79 Å². The van der Waals surface area contributed by atoms with E-state index < -0.39 is 0 Å². The van der Waals surface area contributed by atoms with Gasteiger partial charge < -0.3 is 5.32 Å². The van der Waals surface area contributed by atoms with Gasteiger partial charge in [0.25, 0.3) is 0 Å². The smallest absolute Gasteiger partial charge is 0.220 e. The lowest BCUT2D eigenvalue weighted by Crippen LogP contribution is -2.19. The van der Waals surface area contributed by atoms with Crippen molar-refractivity contribution >= 4 is 5.91 Å². The molecule has 0 saturated carbocycles. The van der Waals surface area contributed by atoms with Gasteiger partial charge in [-0.3, -0.25) is 4.79 Å². The van der Waals surface area contributed by atoms with Crippen LogP contribution in [-0.4, -0.2) is 5.91 Å². The van der Waals surface area contributed by atoms with Crippen molar-refractivity contribution in [2.24, 2.45) is 0 Å². The molecule has 1 amide bonds. The van der Waals surface area contributed by atoms with Crippen LogP contribution in [0.5, 0.6) is 0 Å². The SMILES string of the molecule is Cc1ccc(C)c([C@H]2CCC(=O)N2)c1. The Bertz CT molecular complexity index is 371. The van der Waals surface area contributed by atoms with Gasteiger partial charge in [-0.25, -0.2) is 0 Å². The van der Waals surface area contributed by atoms with Crippen molar-refractivity contribution in [3.63, 3.8) is 0 Å². The standard InChI is InChI=1S/C12H15NO/c1-8-3-4-9(2)10(7-8)11-5-6-12(14)13-11/h3-4,7,11H,5-6H2,1-2H3,(H,13,14)/t11-/m1/s1. The maximum Gasteiger partial charge on any atom is 0.220 e. The first-order chi connectivity index (χ1) is 6.66. The summed E-state index contributed by atoms with van der Waals surface area (Å²) >= 11 is 0. The molecule has 2 rings (SSSR count). The van der Waals surface area contributed by atoms with E-state index in [9.17, 15) is 4.79 Å². The van der Waals surface area contributed by atoms with Gasteiger partial charge in [0.15, 0.2) is 0 Å². The predicted molar refractivity (Wildman–Crippen MR) is 56.0 cm³/mol. The number of carbonyl (C=O) groups excluding carboxylic acids is 1. The molecule has 1 heterocycles. The van der Waals surface area contributed by atoms with Gasteiger partial charge in [-0.15, -0.1) is 0 Å². The normalized spacial score (nSPS) is 21.0. The van der Waals surface area contributed by atoms with Crippen molar-refractivity contribution < 1.29 is 4.79 Å². The van der Waals surface area contributed by atoms with Crippen LogP contribution < -0.4 is 5.32 Å². The molecule has 1 aromatic carbocycles. The minimum atomic E-state index is 0.177. The number of hydrogen-bond acceptors (Lipinski definition) is 1. The average Bonchev–Trinajstić information content (AvgIpc) is 2.56. The lowest BCUT2D eigenvalue weighted by Gasteiger charge is -2.14. The highest BCUT2D eigenvalue weighted by atomic mass is 16.1. The van der Waals surface area contributed by atoms with E-state index >= 15 is 0 Å². The molecule has 0 bridgehead atoms. The zero-order valence-electron chi connectivity index (χ0n) is 8.63. The summed E-state index contributed by atoms with van der Waals surface area (Å²) in [6.45, 7) is 4.18. The fraction of sp³-hybridized carbons (Fsp3) is 0.417. The summed E-state index contributed by atoms with van der Waals surface area (Å²) in [5.41, 5.74) is 3.80. The Morgan fingerprint density at radius 1 is 1.36 bits per heavy atom. The van der Waals surface area contributed by atoms with Crippen molar-refractivity contribution in [2.45, 2.75) is 32.7 Å². The van der Waals surface area contributed by atoms with Gasteiger partial charge in [-0.2, -0.15) is 0 Å². The Morgan fingerprint density at radius 2 is 2.14 bits per heavy atom. The van der Waals surface area contributed by atoms with E-state index in [-0.39, 0.29) is 11.9 Å². The van der Waals surface area contributed by atoms with Crippen LogP contribution in [0.2, 0.25) is 0 Å². The largest absolute Gasteiger partial charge is 0.349 e. The highest BCUT2D eigenvalue weighted by Crippen LogP contribution is 2.26. The lowest BCUT2D eigenvalue weighted by molar-refractivity contribution is -0.119.